The third-order valence-corrected chi connectivity index (χ3v) is 5.50. The first kappa shape index (κ1) is 16.3. The van der Waals surface area contributed by atoms with Crippen molar-refractivity contribution in [2.24, 2.45) is 11.7 Å². The number of ether oxygens (including phenoxy) is 1. The van der Waals surface area contributed by atoms with Crippen LogP contribution in [0.3, 0.4) is 0 Å². The Labute approximate surface area is 148 Å². The summed E-state index contributed by atoms with van der Waals surface area (Å²) in [7, 11) is 0. The molecule has 4 nitrogen and oxygen atoms in total. The van der Waals surface area contributed by atoms with Crippen LogP contribution < -0.4 is 5.73 Å². The molecular formula is C21H24N2O2. The van der Waals surface area contributed by atoms with Crippen LogP contribution >= 0.6 is 0 Å². The molecule has 1 saturated heterocycles. The number of hydrogen-bond donors (Lipinski definition) is 1. The molecule has 0 spiro atoms. The molecule has 4 heteroatoms. The quantitative estimate of drug-likeness (QED) is 0.937. The molecular weight excluding hydrogens is 312 g/mol. The Hall–Kier alpha value is -2.17. The van der Waals surface area contributed by atoms with Gasteiger partial charge >= 0.3 is 0 Å². The van der Waals surface area contributed by atoms with E-state index in [0.29, 0.717) is 38.1 Å². The van der Waals surface area contributed by atoms with Crippen molar-refractivity contribution in [3.05, 3.63) is 71.3 Å². The number of fused-ring (bicyclic) bond motifs is 1. The molecule has 2 aromatic carbocycles. The first-order valence-electron chi connectivity index (χ1n) is 9.01. The van der Waals surface area contributed by atoms with E-state index in [0.717, 1.165) is 12.0 Å². The second kappa shape index (κ2) is 6.98. The SMILES string of the molecule is NC[C@@H]1CN(C(=O)C2OCCc3ccccc32)C[C@H]1c1ccccc1. The van der Waals surface area contributed by atoms with E-state index in [1.807, 2.05) is 41.3 Å². The minimum Gasteiger partial charge on any atom is -0.363 e. The number of nitrogens with two attached hydrogens (primary N) is 1. The highest BCUT2D eigenvalue weighted by Gasteiger charge is 2.39. The van der Waals surface area contributed by atoms with Gasteiger partial charge in [-0.25, -0.2) is 0 Å². The number of carbonyl (C=O) groups excluding carboxylic acids is 1. The first-order valence-corrected chi connectivity index (χ1v) is 9.01. The second-order valence-electron chi connectivity index (χ2n) is 6.96. The average Bonchev–Trinajstić information content (AvgIpc) is 3.12. The molecule has 0 aliphatic carbocycles. The van der Waals surface area contributed by atoms with Gasteiger partial charge < -0.3 is 15.4 Å². The Morgan fingerprint density at radius 3 is 2.64 bits per heavy atom. The summed E-state index contributed by atoms with van der Waals surface area (Å²) in [5.74, 6) is 0.670. The molecule has 2 aliphatic rings. The molecule has 0 radical (unpaired) electrons. The van der Waals surface area contributed by atoms with Crippen molar-refractivity contribution in [1.29, 1.82) is 0 Å². The molecule has 1 unspecified atom stereocenters. The van der Waals surface area contributed by atoms with Crippen molar-refractivity contribution in [3.8, 4) is 0 Å². The van der Waals surface area contributed by atoms with Crippen LogP contribution in [0.25, 0.3) is 0 Å². The van der Waals surface area contributed by atoms with Crippen LogP contribution in [0.2, 0.25) is 0 Å². The summed E-state index contributed by atoms with van der Waals surface area (Å²) in [5, 5.41) is 0. The largest absolute Gasteiger partial charge is 0.363 e. The number of rotatable bonds is 3. The van der Waals surface area contributed by atoms with Gasteiger partial charge in [-0.1, -0.05) is 54.6 Å². The summed E-state index contributed by atoms with van der Waals surface area (Å²) >= 11 is 0. The highest BCUT2D eigenvalue weighted by atomic mass is 16.5. The number of nitrogens with zero attached hydrogens (tertiary/aromatic N) is 1. The van der Waals surface area contributed by atoms with Gasteiger partial charge in [0.1, 0.15) is 0 Å². The highest BCUT2D eigenvalue weighted by Crippen LogP contribution is 2.35. The Kier molecular flexibility index (Phi) is 4.55. The van der Waals surface area contributed by atoms with E-state index >= 15 is 0 Å². The minimum atomic E-state index is -0.474. The molecule has 3 atom stereocenters. The molecule has 2 heterocycles. The van der Waals surface area contributed by atoms with E-state index in [9.17, 15) is 4.79 Å². The minimum absolute atomic E-state index is 0.0732. The zero-order valence-electron chi connectivity index (χ0n) is 14.3. The Morgan fingerprint density at radius 1 is 1.08 bits per heavy atom. The van der Waals surface area contributed by atoms with E-state index in [2.05, 4.69) is 18.2 Å². The maximum Gasteiger partial charge on any atom is 0.256 e. The number of hydrogen-bond acceptors (Lipinski definition) is 3. The van der Waals surface area contributed by atoms with Crippen LogP contribution in [0, 0.1) is 5.92 Å². The fourth-order valence-corrected chi connectivity index (χ4v) is 4.13. The Balaban J connectivity index is 1.56. The molecule has 2 N–H and O–H groups in total. The summed E-state index contributed by atoms with van der Waals surface area (Å²) in [4.78, 5) is 15.1. The number of carbonyl (C=O) groups is 1. The fourth-order valence-electron chi connectivity index (χ4n) is 4.13. The third-order valence-electron chi connectivity index (χ3n) is 5.50. The smallest absolute Gasteiger partial charge is 0.256 e. The van der Waals surface area contributed by atoms with Gasteiger partial charge in [-0.15, -0.1) is 0 Å². The predicted molar refractivity (Wildman–Crippen MR) is 97.1 cm³/mol. The maximum absolute atomic E-state index is 13.2. The highest BCUT2D eigenvalue weighted by molar-refractivity contribution is 5.83. The van der Waals surface area contributed by atoms with Crippen LogP contribution in [0.1, 0.15) is 28.7 Å². The van der Waals surface area contributed by atoms with Gasteiger partial charge in [-0.3, -0.25) is 4.79 Å². The molecule has 1 fully saturated rings. The van der Waals surface area contributed by atoms with E-state index in [4.69, 9.17) is 10.5 Å². The van der Waals surface area contributed by atoms with Gasteiger partial charge in [0, 0.05) is 19.0 Å². The fraction of sp³-hybridized carbons (Fsp3) is 0.381. The number of likely N-dealkylation sites (tertiary alicyclic amines) is 1. The van der Waals surface area contributed by atoms with Gasteiger partial charge in [-0.2, -0.15) is 0 Å². The molecule has 0 aromatic heterocycles. The Morgan fingerprint density at radius 2 is 1.84 bits per heavy atom. The van der Waals surface area contributed by atoms with Gasteiger partial charge in [-0.05, 0) is 35.6 Å². The van der Waals surface area contributed by atoms with Crippen molar-refractivity contribution in [2.75, 3.05) is 26.2 Å². The van der Waals surface area contributed by atoms with E-state index in [-0.39, 0.29) is 5.91 Å². The van der Waals surface area contributed by atoms with E-state index in [1.54, 1.807) is 0 Å². The zero-order chi connectivity index (χ0) is 17.2. The third kappa shape index (κ3) is 3.08. The lowest BCUT2D eigenvalue weighted by molar-refractivity contribution is -0.144. The van der Waals surface area contributed by atoms with Crippen LogP contribution in [0.5, 0.6) is 0 Å². The van der Waals surface area contributed by atoms with Crippen molar-refractivity contribution in [3.63, 3.8) is 0 Å². The summed E-state index contributed by atoms with van der Waals surface area (Å²) < 4.78 is 5.87. The van der Waals surface area contributed by atoms with Crippen LogP contribution in [0.15, 0.2) is 54.6 Å². The van der Waals surface area contributed by atoms with E-state index < -0.39 is 6.10 Å². The van der Waals surface area contributed by atoms with Crippen LogP contribution in [0.4, 0.5) is 0 Å². The molecule has 2 aromatic rings. The molecule has 4 rings (SSSR count). The summed E-state index contributed by atoms with van der Waals surface area (Å²) in [5.41, 5.74) is 9.51. The maximum atomic E-state index is 13.2. The summed E-state index contributed by atoms with van der Waals surface area (Å²) in [6.07, 6.45) is 0.399. The molecule has 0 bridgehead atoms. The zero-order valence-corrected chi connectivity index (χ0v) is 14.3. The topological polar surface area (TPSA) is 55.6 Å². The second-order valence-corrected chi connectivity index (χ2v) is 6.96. The number of benzene rings is 2. The monoisotopic (exact) mass is 336 g/mol. The molecule has 130 valence electrons. The van der Waals surface area contributed by atoms with Gasteiger partial charge in [0.15, 0.2) is 6.10 Å². The molecule has 0 saturated carbocycles. The molecule has 1 amide bonds. The molecule has 2 aliphatic heterocycles. The van der Waals surface area contributed by atoms with Crippen molar-refractivity contribution in [2.45, 2.75) is 18.4 Å². The summed E-state index contributed by atoms with van der Waals surface area (Å²) in [6, 6.07) is 18.5. The van der Waals surface area contributed by atoms with Crippen molar-refractivity contribution in [1.82, 2.24) is 4.90 Å². The van der Waals surface area contributed by atoms with Gasteiger partial charge in [0.2, 0.25) is 0 Å². The van der Waals surface area contributed by atoms with Crippen LogP contribution in [-0.2, 0) is 16.0 Å². The lowest BCUT2D eigenvalue weighted by Gasteiger charge is -2.29. The molecule has 25 heavy (non-hydrogen) atoms. The number of amides is 1. The lowest BCUT2D eigenvalue weighted by atomic mass is 9.89. The lowest BCUT2D eigenvalue weighted by Crippen LogP contribution is -2.37. The van der Waals surface area contributed by atoms with Gasteiger partial charge in [0.25, 0.3) is 5.91 Å². The average molecular weight is 336 g/mol. The normalized spacial score (nSPS) is 25.6. The van der Waals surface area contributed by atoms with E-state index in [1.165, 1.54) is 11.1 Å². The van der Waals surface area contributed by atoms with Crippen LogP contribution in [-0.4, -0.2) is 37.0 Å². The first-order chi connectivity index (χ1) is 12.3. The van der Waals surface area contributed by atoms with Crippen molar-refractivity contribution >= 4 is 5.91 Å². The van der Waals surface area contributed by atoms with Crippen molar-refractivity contribution < 1.29 is 9.53 Å². The standard InChI is InChI=1S/C21H24N2O2/c22-12-17-13-23(14-19(17)15-6-2-1-3-7-15)21(24)20-18-9-5-4-8-16(18)10-11-25-20/h1-9,17,19-20H,10-14,22H2/t17-,19+,20?/m1/s1. The summed E-state index contributed by atoms with van der Waals surface area (Å²) in [6.45, 7) is 2.61. The van der Waals surface area contributed by atoms with Gasteiger partial charge in [0.05, 0.1) is 6.61 Å². The Bertz CT molecular complexity index is 747. The predicted octanol–water partition coefficient (Wildman–Crippen LogP) is 2.50.